The molecule has 0 bridgehead atoms. The molecule has 0 aromatic heterocycles. The van der Waals surface area contributed by atoms with E-state index in [0.29, 0.717) is 30.6 Å². The molecule has 2 unspecified atom stereocenters. The maximum absolute atomic E-state index is 13.0. The van der Waals surface area contributed by atoms with Crippen LogP contribution >= 0.6 is 0 Å². The summed E-state index contributed by atoms with van der Waals surface area (Å²) in [5, 5.41) is 11.9. The molecule has 4 rings (SSSR count). The van der Waals surface area contributed by atoms with Crippen molar-refractivity contribution < 1.29 is 27.9 Å². The molecule has 1 amide bonds. The maximum atomic E-state index is 13.0. The van der Waals surface area contributed by atoms with Crippen molar-refractivity contribution in [1.82, 2.24) is 5.32 Å². The largest absolute Gasteiger partial charge is 0.416 e. The molecule has 4 aliphatic rings. The number of hydrogen-bond acceptors (Lipinski definition) is 3. The number of allylic oxidation sites excluding steroid dienone is 1. The second kappa shape index (κ2) is 7.60. The van der Waals surface area contributed by atoms with Crippen molar-refractivity contribution in [2.24, 2.45) is 34.5 Å². The smallest absolute Gasteiger partial charge is 0.382 e. The third kappa shape index (κ3) is 3.65. The van der Waals surface area contributed by atoms with Gasteiger partial charge < -0.3 is 10.4 Å². The fraction of sp³-hybridized carbons (Fsp3) is 0.833. The highest BCUT2D eigenvalue weighted by Gasteiger charge is 2.60. The molecule has 0 aliphatic heterocycles. The zero-order valence-corrected chi connectivity index (χ0v) is 18.6. The average molecular weight is 442 g/mol. The fourth-order valence-corrected chi connectivity index (χ4v) is 7.68. The molecular formula is C24H34F3NO3. The minimum absolute atomic E-state index is 0.0594. The van der Waals surface area contributed by atoms with Crippen molar-refractivity contribution in [3.05, 3.63) is 11.6 Å². The van der Waals surface area contributed by atoms with E-state index in [-0.39, 0.29) is 28.4 Å². The molecule has 31 heavy (non-hydrogen) atoms. The molecule has 174 valence electrons. The summed E-state index contributed by atoms with van der Waals surface area (Å²) in [4.78, 5) is 25.0. The lowest BCUT2D eigenvalue weighted by molar-refractivity contribution is -0.211. The van der Waals surface area contributed by atoms with Gasteiger partial charge in [0, 0.05) is 12.3 Å². The Balaban J connectivity index is 1.50. The number of alkyl halides is 3. The van der Waals surface area contributed by atoms with Crippen LogP contribution in [0.4, 0.5) is 13.2 Å². The van der Waals surface area contributed by atoms with Crippen molar-refractivity contribution >= 4 is 11.7 Å². The number of rotatable bonds is 3. The Labute approximate surface area is 182 Å². The fourth-order valence-electron chi connectivity index (χ4n) is 7.68. The lowest BCUT2D eigenvalue weighted by atomic mass is 9.47. The van der Waals surface area contributed by atoms with Crippen LogP contribution in [0.15, 0.2) is 11.6 Å². The second-order valence-electron chi connectivity index (χ2n) is 10.9. The van der Waals surface area contributed by atoms with E-state index in [1.165, 1.54) is 12.5 Å². The third-order valence-corrected chi connectivity index (χ3v) is 9.46. The van der Waals surface area contributed by atoms with Crippen LogP contribution in [0.3, 0.4) is 0 Å². The first-order valence-electron chi connectivity index (χ1n) is 11.7. The van der Waals surface area contributed by atoms with E-state index < -0.39 is 18.3 Å². The Morgan fingerprint density at radius 1 is 1.13 bits per heavy atom. The van der Waals surface area contributed by atoms with Gasteiger partial charge in [-0.05, 0) is 86.5 Å². The zero-order valence-electron chi connectivity index (χ0n) is 18.6. The lowest BCUT2D eigenvalue weighted by Gasteiger charge is -2.58. The molecule has 7 heteroatoms. The molecule has 0 radical (unpaired) electrons. The summed E-state index contributed by atoms with van der Waals surface area (Å²) in [5.41, 5.74) is 1.14. The zero-order chi connectivity index (χ0) is 22.8. The van der Waals surface area contributed by atoms with Crippen molar-refractivity contribution in [1.29, 1.82) is 0 Å². The van der Waals surface area contributed by atoms with E-state index in [9.17, 15) is 27.9 Å². The predicted octanol–water partition coefficient (Wildman–Crippen LogP) is 4.56. The van der Waals surface area contributed by atoms with Gasteiger partial charge in [-0.2, -0.15) is 13.2 Å². The molecule has 8 atom stereocenters. The van der Waals surface area contributed by atoms with E-state index in [0.717, 1.165) is 38.5 Å². The van der Waals surface area contributed by atoms with E-state index in [2.05, 4.69) is 19.2 Å². The van der Waals surface area contributed by atoms with E-state index >= 15 is 0 Å². The van der Waals surface area contributed by atoms with Crippen molar-refractivity contribution in [2.75, 3.05) is 0 Å². The van der Waals surface area contributed by atoms with Crippen molar-refractivity contribution in [2.45, 2.75) is 90.5 Å². The van der Waals surface area contributed by atoms with Crippen LogP contribution in [0.5, 0.6) is 0 Å². The number of ketones is 1. The van der Waals surface area contributed by atoms with Gasteiger partial charge in [0.1, 0.15) is 0 Å². The Kier molecular flexibility index (Phi) is 5.59. The summed E-state index contributed by atoms with van der Waals surface area (Å²) in [6, 6.07) is -1.37. The minimum Gasteiger partial charge on any atom is -0.382 e. The van der Waals surface area contributed by atoms with Gasteiger partial charge in [-0.3, -0.25) is 9.59 Å². The Bertz CT molecular complexity index is 793. The molecule has 2 N–H and O–H groups in total. The predicted molar refractivity (Wildman–Crippen MR) is 110 cm³/mol. The molecule has 0 aromatic rings. The van der Waals surface area contributed by atoms with Gasteiger partial charge >= 0.3 is 6.18 Å². The first kappa shape index (κ1) is 22.8. The van der Waals surface area contributed by atoms with E-state index in [4.69, 9.17) is 0 Å². The summed E-state index contributed by atoms with van der Waals surface area (Å²) in [5.74, 6) is 0.931. The normalized spacial score (nSPS) is 42.0. The van der Waals surface area contributed by atoms with Gasteiger partial charge in [0.2, 0.25) is 5.91 Å². The lowest BCUT2D eigenvalue weighted by Crippen LogP contribution is -2.54. The Morgan fingerprint density at radius 2 is 1.84 bits per heavy atom. The van der Waals surface area contributed by atoms with Gasteiger partial charge in [0.05, 0.1) is 6.04 Å². The van der Waals surface area contributed by atoms with Crippen molar-refractivity contribution in [3.8, 4) is 0 Å². The molecule has 0 spiro atoms. The van der Waals surface area contributed by atoms with Gasteiger partial charge in [0.25, 0.3) is 0 Å². The maximum Gasteiger partial charge on any atom is 0.416 e. The van der Waals surface area contributed by atoms with Crippen LogP contribution in [0, 0.1) is 34.5 Å². The number of amides is 1. The van der Waals surface area contributed by atoms with Crippen LogP contribution in [0.2, 0.25) is 0 Å². The van der Waals surface area contributed by atoms with Crippen LogP contribution < -0.4 is 5.32 Å². The summed E-state index contributed by atoms with van der Waals surface area (Å²) in [7, 11) is 0. The molecule has 3 saturated carbocycles. The summed E-state index contributed by atoms with van der Waals surface area (Å²) in [6.07, 6.45) is 1.50. The third-order valence-electron chi connectivity index (χ3n) is 9.46. The number of nitrogens with one attached hydrogen (secondary N) is 1. The minimum atomic E-state index is -4.75. The van der Waals surface area contributed by atoms with Crippen LogP contribution in [-0.4, -0.2) is 35.1 Å². The molecule has 0 saturated heterocycles. The van der Waals surface area contributed by atoms with Gasteiger partial charge in [-0.25, -0.2) is 0 Å². The second-order valence-corrected chi connectivity index (χ2v) is 10.9. The van der Waals surface area contributed by atoms with Gasteiger partial charge in [-0.15, -0.1) is 0 Å². The first-order chi connectivity index (χ1) is 14.4. The SMILES string of the molecule is CC(NC(=O)[C@H]1CC[C@H]2[C@@H]3CCC4=CC(=O)CC[C@]4(C)[C@H]3CC[C@]12C)C(O)C(F)(F)F. The highest BCUT2D eigenvalue weighted by Crippen LogP contribution is 2.66. The molecule has 4 nitrogen and oxygen atoms in total. The number of halogens is 3. The molecule has 0 aromatic carbocycles. The molecule has 0 heterocycles. The Hall–Kier alpha value is -1.37. The Morgan fingerprint density at radius 3 is 2.52 bits per heavy atom. The van der Waals surface area contributed by atoms with Crippen LogP contribution in [0.1, 0.15) is 72.1 Å². The number of hydrogen-bond donors (Lipinski definition) is 2. The highest BCUT2D eigenvalue weighted by molar-refractivity contribution is 5.91. The number of aliphatic hydroxyl groups is 1. The highest BCUT2D eigenvalue weighted by atomic mass is 19.4. The average Bonchev–Trinajstić information content (AvgIpc) is 3.04. The summed E-state index contributed by atoms with van der Waals surface area (Å²) < 4.78 is 38.5. The summed E-state index contributed by atoms with van der Waals surface area (Å²) in [6.45, 7) is 5.67. The molecular weight excluding hydrogens is 407 g/mol. The number of carbonyl (C=O) groups is 2. The number of aliphatic hydroxyl groups excluding tert-OH is 1. The van der Waals surface area contributed by atoms with Crippen molar-refractivity contribution in [3.63, 3.8) is 0 Å². The molecule has 3 fully saturated rings. The van der Waals surface area contributed by atoms with Crippen LogP contribution in [-0.2, 0) is 9.59 Å². The quantitative estimate of drug-likeness (QED) is 0.675. The topological polar surface area (TPSA) is 66.4 Å². The standard InChI is InChI=1S/C24H34F3NO3/c1-13(20(30)24(25,26)27)28-21(31)19-7-6-17-16-5-4-14-12-15(29)8-10-22(14,2)18(16)9-11-23(17,19)3/h12-13,16-20,30H,4-11H2,1-3H3,(H,28,31)/t13?,16-,17-,18-,19+,20?,22-,23-/m0/s1. The number of carbonyl (C=O) groups excluding carboxylic acids is 2. The first-order valence-corrected chi connectivity index (χ1v) is 11.7. The van der Waals surface area contributed by atoms with E-state index in [1.54, 1.807) is 0 Å². The van der Waals surface area contributed by atoms with E-state index in [1.807, 2.05) is 6.08 Å². The van der Waals surface area contributed by atoms with Gasteiger partial charge in [-0.1, -0.05) is 19.4 Å². The number of fused-ring (bicyclic) bond motifs is 5. The molecule has 4 aliphatic carbocycles. The van der Waals surface area contributed by atoms with Gasteiger partial charge in [0.15, 0.2) is 11.9 Å². The van der Waals surface area contributed by atoms with Crippen LogP contribution in [0.25, 0.3) is 0 Å². The monoisotopic (exact) mass is 441 g/mol. The summed E-state index contributed by atoms with van der Waals surface area (Å²) >= 11 is 0.